The van der Waals surface area contributed by atoms with Crippen molar-refractivity contribution in [1.29, 1.82) is 0 Å². The first-order valence-electron chi connectivity index (χ1n) is 11.8. The van der Waals surface area contributed by atoms with Crippen LogP contribution in [-0.2, 0) is 17.9 Å². The number of ketones is 1. The molecular weight excluding hydrogens is 494 g/mol. The highest BCUT2D eigenvalue weighted by atomic mass is 35.5. The molecule has 3 rings (SSSR count). The molecule has 0 saturated heterocycles. The Morgan fingerprint density at radius 2 is 1.68 bits per heavy atom. The predicted octanol–water partition coefficient (Wildman–Crippen LogP) is 4.59. The highest BCUT2D eigenvalue weighted by molar-refractivity contribution is 6.32. The monoisotopic (exact) mass is 523 g/mol. The number of halogens is 1. The van der Waals surface area contributed by atoms with Gasteiger partial charge in [-0.05, 0) is 55.3 Å². The standard InChI is InChI=1S/C28H30ClN3O5/c1-19(2)37-26-13-10-22(14-24(26)29)25(33)17-32(28(35)31-15-27(30)34)16-20-8-11-23(12-9-20)36-18-21-6-4-3-5-7-21/h3-14,19H,15-18H2,1-2H3,(H2,30,34)(H,31,35). The number of nitrogens with one attached hydrogen (secondary N) is 1. The number of ether oxygens (including phenoxy) is 2. The molecule has 3 aromatic rings. The van der Waals surface area contributed by atoms with Crippen molar-refractivity contribution in [3.8, 4) is 11.5 Å². The van der Waals surface area contributed by atoms with E-state index in [2.05, 4.69) is 5.32 Å². The van der Waals surface area contributed by atoms with Crippen LogP contribution in [0.25, 0.3) is 0 Å². The minimum Gasteiger partial charge on any atom is -0.489 e. The number of amides is 3. The number of hydrogen-bond acceptors (Lipinski definition) is 5. The molecule has 194 valence electrons. The van der Waals surface area contributed by atoms with E-state index in [1.54, 1.807) is 24.3 Å². The molecule has 0 saturated carbocycles. The quantitative estimate of drug-likeness (QED) is 0.337. The number of benzene rings is 3. The normalized spacial score (nSPS) is 10.6. The number of urea groups is 1. The Bertz CT molecular complexity index is 1220. The van der Waals surface area contributed by atoms with E-state index >= 15 is 0 Å². The van der Waals surface area contributed by atoms with Crippen LogP contribution in [0.5, 0.6) is 11.5 Å². The summed E-state index contributed by atoms with van der Waals surface area (Å²) in [5, 5.41) is 2.74. The third-order valence-electron chi connectivity index (χ3n) is 5.20. The van der Waals surface area contributed by atoms with Gasteiger partial charge in [0.15, 0.2) is 5.78 Å². The summed E-state index contributed by atoms with van der Waals surface area (Å²) in [6.45, 7) is 3.72. The molecule has 0 atom stereocenters. The number of Topliss-reactive ketones (excluding diaryl/α,β-unsaturated/α-hetero) is 1. The van der Waals surface area contributed by atoms with Crippen molar-refractivity contribution in [3.05, 3.63) is 94.5 Å². The third-order valence-corrected chi connectivity index (χ3v) is 5.49. The summed E-state index contributed by atoms with van der Waals surface area (Å²) >= 11 is 6.28. The van der Waals surface area contributed by atoms with Gasteiger partial charge in [0.25, 0.3) is 0 Å². The van der Waals surface area contributed by atoms with E-state index in [0.717, 1.165) is 11.1 Å². The molecule has 3 aromatic carbocycles. The fourth-order valence-electron chi connectivity index (χ4n) is 3.41. The van der Waals surface area contributed by atoms with Gasteiger partial charge in [0, 0.05) is 12.1 Å². The lowest BCUT2D eigenvalue weighted by molar-refractivity contribution is -0.117. The van der Waals surface area contributed by atoms with Gasteiger partial charge >= 0.3 is 6.03 Å². The van der Waals surface area contributed by atoms with Gasteiger partial charge in [-0.3, -0.25) is 9.59 Å². The average molecular weight is 524 g/mol. The zero-order chi connectivity index (χ0) is 26.8. The number of nitrogens with two attached hydrogens (primary N) is 1. The second-order valence-corrected chi connectivity index (χ2v) is 9.04. The van der Waals surface area contributed by atoms with E-state index in [1.807, 2.05) is 56.3 Å². The van der Waals surface area contributed by atoms with E-state index < -0.39 is 11.9 Å². The zero-order valence-electron chi connectivity index (χ0n) is 20.8. The molecule has 0 aliphatic heterocycles. The van der Waals surface area contributed by atoms with Gasteiger partial charge in [-0.1, -0.05) is 54.1 Å². The van der Waals surface area contributed by atoms with Crippen LogP contribution in [0.4, 0.5) is 4.79 Å². The second kappa shape index (κ2) is 13.3. The Kier molecular flexibility index (Phi) is 9.92. The zero-order valence-corrected chi connectivity index (χ0v) is 21.5. The van der Waals surface area contributed by atoms with Gasteiger partial charge in [-0.25, -0.2) is 4.79 Å². The molecule has 3 N–H and O–H groups in total. The Morgan fingerprint density at radius 1 is 0.973 bits per heavy atom. The van der Waals surface area contributed by atoms with Crippen LogP contribution >= 0.6 is 11.6 Å². The topological polar surface area (TPSA) is 111 Å². The van der Waals surface area contributed by atoms with E-state index in [1.165, 1.54) is 11.0 Å². The molecular formula is C28H30ClN3O5. The maximum absolute atomic E-state index is 13.0. The number of hydrogen-bond donors (Lipinski definition) is 2. The lowest BCUT2D eigenvalue weighted by Crippen LogP contribution is -2.45. The summed E-state index contributed by atoms with van der Waals surface area (Å²) in [6.07, 6.45) is -0.0707. The van der Waals surface area contributed by atoms with Crippen LogP contribution in [-0.4, -0.2) is 41.8 Å². The number of carbonyl (C=O) groups excluding carboxylic acids is 3. The number of rotatable bonds is 12. The first kappa shape index (κ1) is 27.5. The molecule has 3 amide bonds. The van der Waals surface area contributed by atoms with Gasteiger partial charge in [0.05, 0.1) is 24.2 Å². The molecule has 0 unspecified atom stereocenters. The lowest BCUT2D eigenvalue weighted by Gasteiger charge is -2.23. The van der Waals surface area contributed by atoms with Crippen LogP contribution in [0, 0.1) is 0 Å². The van der Waals surface area contributed by atoms with E-state index in [-0.39, 0.29) is 31.5 Å². The Morgan fingerprint density at radius 3 is 2.30 bits per heavy atom. The van der Waals surface area contributed by atoms with Crippen molar-refractivity contribution in [2.24, 2.45) is 5.73 Å². The molecule has 9 heteroatoms. The molecule has 0 aliphatic rings. The number of primary amides is 1. The summed E-state index contributed by atoms with van der Waals surface area (Å²) in [7, 11) is 0. The summed E-state index contributed by atoms with van der Waals surface area (Å²) < 4.78 is 11.4. The van der Waals surface area contributed by atoms with Crippen molar-refractivity contribution < 1.29 is 23.9 Å². The van der Waals surface area contributed by atoms with Crippen LogP contribution in [0.15, 0.2) is 72.8 Å². The SMILES string of the molecule is CC(C)Oc1ccc(C(=O)CN(Cc2ccc(OCc3ccccc3)cc2)C(=O)NCC(N)=O)cc1Cl. The summed E-state index contributed by atoms with van der Waals surface area (Å²) in [6, 6.07) is 21.2. The highest BCUT2D eigenvalue weighted by Gasteiger charge is 2.20. The third kappa shape index (κ3) is 8.84. The molecule has 0 aliphatic carbocycles. The predicted molar refractivity (Wildman–Crippen MR) is 142 cm³/mol. The van der Waals surface area contributed by atoms with Crippen molar-refractivity contribution in [3.63, 3.8) is 0 Å². The summed E-state index contributed by atoms with van der Waals surface area (Å²) in [5.41, 5.74) is 7.31. The molecule has 0 heterocycles. The van der Waals surface area contributed by atoms with Gasteiger partial charge in [0.1, 0.15) is 18.1 Å². The molecule has 8 nitrogen and oxygen atoms in total. The van der Waals surface area contributed by atoms with Gasteiger partial charge < -0.3 is 25.4 Å². The van der Waals surface area contributed by atoms with Crippen molar-refractivity contribution in [2.45, 2.75) is 33.1 Å². The van der Waals surface area contributed by atoms with Crippen LogP contribution in [0.3, 0.4) is 0 Å². The van der Waals surface area contributed by atoms with E-state index in [4.69, 9.17) is 26.8 Å². The number of nitrogens with zero attached hydrogens (tertiary/aromatic N) is 1. The molecule has 0 bridgehead atoms. The fourth-order valence-corrected chi connectivity index (χ4v) is 3.64. The summed E-state index contributed by atoms with van der Waals surface area (Å²) in [5.74, 6) is 0.132. The van der Waals surface area contributed by atoms with Gasteiger partial charge in [0.2, 0.25) is 5.91 Å². The number of carbonyl (C=O) groups is 3. The molecule has 37 heavy (non-hydrogen) atoms. The van der Waals surface area contributed by atoms with Crippen molar-refractivity contribution in [1.82, 2.24) is 10.2 Å². The van der Waals surface area contributed by atoms with Gasteiger partial charge in [-0.2, -0.15) is 0 Å². The Hall–Kier alpha value is -4.04. The van der Waals surface area contributed by atoms with E-state index in [0.29, 0.717) is 28.7 Å². The van der Waals surface area contributed by atoms with Crippen LogP contribution < -0.4 is 20.5 Å². The van der Waals surface area contributed by atoms with Gasteiger partial charge in [-0.15, -0.1) is 0 Å². The van der Waals surface area contributed by atoms with E-state index in [9.17, 15) is 14.4 Å². The molecule has 0 aromatic heterocycles. The Balaban J connectivity index is 1.69. The molecule has 0 fully saturated rings. The minimum atomic E-state index is -0.688. The average Bonchev–Trinajstić information content (AvgIpc) is 2.88. The Labute approximate surface area is 221 Å². The summed E-state index contributed by atoms with van der Waals surface area (Å²) in [4.78, 5) is 38.2. The first-order valence-corrected chi connectivity index (χ1v) is 12.1. The minimum absolute atomic E-state index is 0.0707. The fraction of sp³-hybridized carbons (Fsp3) is 0.250. The highest BCUT2D eigenvalue weighted by Crippen LogP contribution is 2.27. The second-order valence-electron chi connectivity index (χ2n) is 8.63. The largest absolute Gasteiger partial charge is 0.489 e. The van der Waals surface area contributed by atoms with Crippen LogP contribution in [0.2, 0.25) is 5.02 Å². The maximum atomic E-state index is 13.0. The molecule has 0 spiro atoms. The van der Waals surface area contributed by atoms with Crippen LogP contribution in [0.1, 0.15) is 35.3 Å². The van der Waals surface area contributed by atoms with Crippen molar-refractivity contribution >= 4 is 29.3 Å². The lowest BCUT2D eigenvalue weighted by atomic mass is 10.1. The smallest absolute Gasteiger partial charge is 0.318 e. The maximum Gasteiger partial charge on any atom is 0.318 e. The molecule has 0 radical (unpaired) electrons. The van der Waals surface area contributed by atoms with Crippen molar-refractivity contribution in [2.75, 3.05) is 13.1 Å². The first-order chi connectivity index (χ1) is 17.7.